The summed E-state index contributed by atoms with van der Waals surface area (Å²) in [5, 5.41) is 7.20. The largest absolute Gasteiger partial charge is 0.379 e. The molecule has 3 aliphatic heterocycles. The molecule has 0 radical (unpaired) electrons. The number of nitrogens with zero attached hydrogens (tertiary/aromatic N) is 8. The lowest BCUT2D eigenvalue weighted by Crippen LogP contribution is -2.45. The highest BCUT2D eigenvalue weighted by Crippen LogP contribution is 2.30. The molecular weight excluding hydrogens is 520 g/mol. The van der Waals surface area contributed by atoms with Gasteiger partial charge in [0.2, 0.25) is 0 Å². The van der Waals surface area contributed by atoms with Crippen LogP contribution >= 0.6 is 0 Å². The monoisotopic (exact) mass is 562 g/mol. The van der Waals surface area contributed by atoms with E-state index in [9.17, 15) is 0 Å². The van der Waals surface area contributed by atoms with E-state index in [1.54, 1.807) is 0 Å². The van der Waals surface area contributed by atoms with Gasteiger partial charge in [0, 0.05) is 84.1 Å². The summed E-state index contributed by atoms with van der Waals surface area (Å²) >= 11 is 0. The van der Waals surface area contributed by atoms with Crippen molar-refractivity contribution >= 4 is 28.6 Å². The molecule has 0 aliphatic carbocycles. The van der Waals surface area contributed by atoms with Gasteiger partial charge in [0.05, 0.1) is 26.4 Å². The summed E-state index contributed by atoms with van der Waals surface area (Å²) in [6.07, 6.45) is 0. The van der Waals surface area contributed by atoms with E-state index in [1.807, 2.05) is 30.3 Å². The van der Waals surface area contributed by atoms with Gasteiger partial charge in [-0.1, -0.05) is 30.3 Å². The molecule has 0 unspecified atom stereocenters. The van der Waals surface area contributed by atoms with Crippen LogP contribution in [0.2, 0.25) is 0 Å². The highest BCUT2D eigenvalue weighted by Gasteiger charge is 2.23. The van der Waals surface area contributed by atoms with Gasteiger partial charge in [-0.15, -0.1) is 0 Å². The van der Waals surface area contributed by atoms with E-state index < -0.39 is 0 Å². The Hall–Kier alpha value is -3.16. The molecule has 220 valence electrons. The number of rotatable bonds is 10. The van der Waals surface area contributed by atoms with E-state index in [-0.39, 0.29) is 0 Å². The molecule has 0 saturated carbocycles. The molecule has 0 spiro atoms. The number of morpholine rings is 2. The Labute approximate surface area is 242 Å². The first-order valence-electron chi connectivity index (χ1n) is 14.9. The predicted octanol–water partition coefficient (Wildman–Crippen LogP) is 1.33. The molecule has 12 nitrogen and oxygen atoms in total. The Morgan fingerprint density at radius 3 is 1.93 bits per heavy atom. The first-order valence-corrected chi connectivity index (χ1v) is 14.9. The van der Waals surface area contributed by atoms with Crippen LogP contribution in [0.4, 0.5) is 17.5 Å². The number of anilines is 3. The number of hydrogen-bond acceptors (Lipinski definition) is 12. The van der Waals surface area contributed by atoms with Gasteiger partial charge in [0.25, 0.3) is 0 Å². The van der Waals surface area contributed by atoms with E-state index in [0.29, 0.717) is 17.0 Å². The molecule has 2 N–H and O–H groups in total. The molecule has 6 rings (SSSR count). The van der Waals surface area contributed by atoms with E-state index in [4.69, 9.17) is 29.4 Å². The van der Waals surface area contributed by atoms with E-state index >= 15 is 0 Å². The summed E-state index contributed by atoms with van der Waals surface area (Å²) in [5.74, 6) is 3.03. The van der Waals surface area contributed by atoms with Gasteiger partial charge in [0.1, 0.15) is 0 Å². The number of ether oxygens (including phenoxy) is 2. The summed E-state index contributed by atoms with van der Waals surface area (Å²) in [5.41, 5.74) is 2.26. The Kier molecular flexibility index (Phi) is 9.33. The fourth-order valence-electron chi connectivity index (χ4n) is 5.45. The fraction of sp³-hybridized carbons (Fsp3) is 0.586. The quantitative estimate of drug-likeness (QED) is 0.372. The van der Waals surface area contributed by atoms with Crippen molar-refractivity contribution in [3.05, 3.63) is 30.3 Å². The van der Waals surface area contributed by atoms with Crippen molar-refractivity contribution in [2.45, 2.75) is 0 Å². The fourth-order valence-corrected chi connectivity index (χ4v) is 5.45. The van der Waals surface area contributed by atoms with Crippen molar-refractivity contribution in [3.8, 4) is 11.4 Å². The van der Waals surface area contributed by atoms with Gasteiger partial charge in [-0.3, -0.25) is 9.80 Å². The number of aromatic nitrogens is 4. The molecule has 5 heterocycles. The molecule has 3 aromatic rings. The van der Waals surface area contributed by atoms with Crippen LogP contribution in [-0.2, 0) is 9.47 Å². The van der Waals surface area contributed by atoms with Gasteiger partial charge in [-0.25, -0.2) is 19.9 Å². The van der Waals surface area contributed by atoms with Crippen LogP contribution in [-0.4, -0.2) is 147 Å². The molecule has 0 atom stereocenters. The molecule has 0 amide bonds. The van der Waals surface area contributed by atoms with Crippen LogP contribution in [0.5, 0.6) is 0 Å². The maximum absolute atomic E-state index is 5.52. The van der Waals surface area contributed by atoms with Crippen molar-refractivity contribution in [2.75, 3.05) is 128 Å². The van der Waals surface area contributed by atoms with Gasteiger partial charge in [-0.2, -0.15) is 0 Å². The summed E-state index contributed by atoms with van der Waals surface area (Å²) in [7, 11) is 2.17. The van der Waals surface area contributed by atoms with Crippen LogP contribution < -0.4 is 15.5 Å². The molecule has 12 heteroatoms. The van der Waals surface area contributed by atoms with Gasteiger partial charge < -0.3 is 29.9 Å². The third-order valence-electron chi connectivity index (χ3n) is 8.00. The van der Waals surface area contributed by atoms with Gasteiger partial charge in [0.15, 0.2) is 34.4 Å². The van der Waals surface area contributed by atoms with Crippen molar-refractivity contribution in [2.24, 2.45) is 0 Å². The minimum atomic E-state index is 0.611. The highest BCUT2D eigenvalue weighted by atomic mass is 16.5. The molecule has 3 aliphatic rings. The number of likely N-dealkylation sites (N-methyl/N-ethyl adjacent to an activating group) is 1. The maximum atomic E-state index is 5.52. The minimum absolute atomic E-state index is 0.611. The average molecular weight is 563 g/mol. The summed E-state index contributed by atoms with van der Waals surface area (Å²) < 4.78 is 11.0. The van der Waals surface area contributed by atoms with Crippen LogP contribution in [0.3, 0.4) is 0 Å². The highest BCUT2D eigenvalue weighted by molar-refractivity contribution is 5.88. The second kappa shape index (κ2) is 13.7. The summed E-state index contributed by atoms with van der Waals surface area (Å²) in [6.45, 7) is 14.1. The first kappa shape index (κ1) is 28.0. The molecule has 1 aromatic carbocycles. The van der Waals surface area contributed by atoms with Crippen molar-refractivity contribution in [1.29, 1.82) is 0 Å². The molecular formula is C29H42N10O2. The molecule has 0 bridgehead atoms. The lowest BCUT2D eigenvalue weighted by molar-refractivity contribution is 0.0398. The van der Waals surface area contributed by atoms with Crippen LogP contribution in [0.1, 0.15) is 0 Å². The molecule has 3 fully saturated rings. The topological polar surface area (TPSA) is 107 Å². The molecule has 3 saturated heterocycles. The second-order valence-corrected chi connectivity index (χ2v) is 10.9. The number of hydrogen-bond donors (Lipinski definition) is 2. The molecule has 41 heavy (non-hydrogen) atoms. The van der Waals surface area contributed by atoms with Crippen molar-refractivity contribution in [3.63, 3.8) is 0 Å². The van der Waals surface area contributed by atoms with Crippen LogP contribution in [0.25, 0.3) is 22.6 Å². The second-order valence-electron chi connectivity index (χ2n) is 10.9. The zero-order chi connectivity index (χ0) is 27.9. The zero-order valence-corrected chi connectivity index (χ0v) is 24.1. The summed E-state index contributed by atoms with van der Waals surface area (Å²) in [4.78, 5) is 29.7. The summed E-state index contributed by atoms with van der Waals surface area (Å²) in [6, 6.07) is 10.1. The Morgan fingerprint density at radius 2 is 1.29 bits per heavy atom. The zero-order valence-electron chi connectivity index (χ0n) is 24.1. The minimum Gasteiger partial charge on any atom is -0.379 e. The average Bonchev–Trinajstić information content (AvgIpc) is 3.02. The predicted molar refractivity (Wildman–Crippen MR) is 162 cm³/mol. The van der Waals surface area contributed by atoms with Crippen molar-refractivity contribution in [1.82, 2.24) is 34.6 Å². The third-order valence-corrected chi connectivity index (χ3v) is 8.00. The standard InChI is InChI=1S/C29H42N10O2/c1-36-11-13-39(14-12-36)29-28(31-8-10-38-17-21-41-22-18-38)32-24-26(30-7-9-37-15-19-40-20-16-37)33-25(34-27(24)35-29)23-5-3-2-4-6-23/h2-6H,7-22H2,1H3,(H,31,32)(H,30,33,34,35). The lowest BCUT2D eigenvalue weighted by atomic mass is 10.2. The van der Waals surface area contributed by atoms with E-state index in [0.717, 1.165) is 128 Å². The van der Waals surface area contributed by atoms with Gasteiger partial charge >= 0.3 is 0 Å². The number of nitrogens with one attached hydrogen (secondary N) is 2. The third kappa shape index (κ3) is 7.19. The Bertz CT molecular complexity index is 1260. The van der Waals surface area contributed by atoms with Gasteiger partial charge in [-0.05, 0) is 7.05 Å². The van der Waals surface area contributed by atoms with Crippen LogP contribution in [0, 0.1) is 0 Å². The SMILES string of the molecule is CN1CCN(c2nc3nc(-c4ccccc4)nc(NCCN4CCOCC4)c3nc2NCCN2CCOCC2)CC1. The lowest BCUT2D eigenvalue weighted by Gasteiger charge is -2.34. The normalized spacial score (nSPS) is 19.5. The maximum Gasteiger partial charge on any atom is 0.186 e. The Morgan fingerprint density at radius 1 is 0.683 bits per heavy atom. The number of fused-ring (bicyclic) bond motifs is 1. The molecule has 2 aromatic heterocycles. The number of benzene rings is 1. The van der Waals surface area contributed by atoms with E-state index in [1.165, 1.54) is 0 Å². The van der Waals surface area contributed by atoms with E-state index in [2.05, 4.69) is 37.3 Å². The smallest absolute Gasteiger partial charge is 0.186 e. The number of piperazine rings is 1. The van der Waals surface area contributed by atoms with Crippen molar-refractivity contribution < 1.29 is 9.47 Å². The Balaban J connectivity index is 1.32. The van der Waals surface area contributed by atoms with Crippen LogP contribution in [0.15, 0.2) is 30.3 Å². The first-order chi connectivity index (χ1) is 20.2.